The molecule has 0 bridgehead atoms. The number of hydrogen-bond acceptors (Lipinski definition) is 3. The van der Waals surface area contributed by atoms with Gasteiger partial charge >= 0.3 is 0 Å². The Hall–Kier alpha value is -0.480. The summed E-state index contributed by atoms with van der Waals surface area (Å²) >= 11 is 1.82. The van der Waals surface area contributed by atoms with Crippen LogP contribution in [0.15, 0.2) is 17.6 Å². The van der Waals surface area contributed by atoms with Crippen LogP contribution >= 0.6 is 11.8 Å². The van der Waals surface area contributed by atoms with Crippen LogP contribution in [0.25, 0.3) is 0 Å². The molecule has 0 aromatic carbocycles. The lowest BCUT2D eigenvalue weighted by Crippen LogP contribution is -2.34. The van der Waals surface area contributed by atoms with E-state index in [1.807, 2.05) is 38.3 Å². The molecule has 3 nitrogen and oxygen atoms in total. The Labute approximate surface area is 96.7 Å². The molecule has 0 aliphatic carbocycles. The molecule has 1 aromatic rings. The highest BCUT2D eigenvalue weighted by Gasteiger charge is 2.14. The summed E-state index contributed by atoms with van der Waals surface area (Å²) in [7, 11) is 4.07. The van der Waals surface area contributed by atoms with Gasteiger partial charge in [-0.2, -0.15) is 0 Å². The highest BCUT2D eigenvalue weighted by Crippen LogP contribution is 2.19. The maximum absolute atomic E-state index is 4.31. The van der Waals surface area contributed by atoms with Crippen LogP contribution in [-0.4, -0.2) is 28.4 Å². The molecule has 0 fully saturated rings. The molecule has 1 N–H and O–H groups in total. The lowest BCUT2D eigenvalue weighted by atomic mass is 10.0. The number of nitrogens with zero attached hydrogens (tertiary/aromatic N) is 2. The van der Waals surface area contributed by atoms with Crippen LogP contribution in [0.5, 0.6) is 0 Å². The first-order valence-electron chi connectivity index (χ1n) is 5.46. The van der Waals surface area contributed by atoms with E-state index >= 15 is 0 Å². The molecule has 0 saturated carbocycles. The first-order valence-corrected chi connectivity index (χ1v) is 6.45. The topological polar surface area (TPSA) is 29.9 Å². The molecule has 2 unspecified atom stereocenters. The predicted molar refractivity (Wildman–Crippen MR) is 66.2 cm³/mol. The van der Waals surface area contributed by atoms with E-state index in [9.17, 15) is 0 Å². The minimum absolute atomic E-state index is 0.566. The van der Waals surface area contributed by atoms with Crippen molar-refractivity contribution in [2.24, 2.45) is 13.0 Å². The van der Waals surface area contributed by atoms with Crippen LogP contribution in [-0.2, 0) is 7.05 Å². The molecule has 2 atom stereocenters. The number of imidazole rings is 1. The van der Waals surface area contributed by atoms with E-state index in [1.165, 1.54) is 6.42 Å². The number of thioether (sulfide) groups is 1. The molecular formula is C11H21N3S. The largest absolute Gasteiger partial charge is 0.329 e. The highest BCUT2D eigenvalue weighted by atomic mass is 32.2. The summed E-state index contributed by atoms with van der Waals surface area (Å²) in [6.45, 7) is 4.53. The third-order valence-corrected chi connectivity index (χ3v) is 4.05. The predicted octanol–water partition coefficient (Wildman–Crippen LogP) is 2.15. The molecular weight excluding hydrogens is 206 g/mol. The highest BCUT2D eigenvalue weighted by molar-refractivity contribution is 7.99. The minimum Gasteiger partial charge on any atom is -0.329 e. The zero-order chi connectivity index (χ0) is 11.3. The summed E-state index contributed by atoms with van der Waals surface area (Å²) < 4.78 is 2.06. The van der Waals surface area contributed by atoms with Crippen LogP contribution in [0, 0.1) is 5.92 Å². The Morgan fingerprint density at radius 3 is 2.80 bits per heavy atom. The molecule has 1 rings (SSSR count). The SMILES string of the molecule is CCC(C)C(CSc1nccn1C)NC. The Kier molecular flexibility index (Phi) is 5.19. The van der Waals surface area contributed by atoms with Crippen molar-refractivity contribution < 1.29 is 0 Å². The zero-order valence-electron chi connectivity index (χ0n) is 10.0. The van der Waals surface area contributed by atoms with Crippen molar-refractivity contribution in [1.82, 2.24) is 14.9 Å². The Morgan fingerprint density at radius 1 is 1.60 bits per heavy atom. The second-order valence-corrected chi connectivity index (χ2v) is 4.90. The average molecular weight is 227 g/mol. The van der Waals surface area contributed by atoms with Gasteiger partial charge in [0.1, 0.15) is 0 Å². The standard InChI is InChI=1S/C11H21N3S/c1-5-9(2)10(12-3)8-15-11-13-6-7-14(11)4/h6-7,9-10,12H,5,8H2,1-4H3. The van der Waals surface area contributed by atoms with Gasteiger partial charge in [0.05, 0.1) is 0 Å². The van der Waals surface area contributed by atoms with Gasteiger partial charge in [-0.15, -0.1) is 0 Å². The van der Waals surface area contributed by atoms with E-state index in [4.69, 9.17) is 0 Å². The van der Waals surface area contributed by atoms with Crippen molar-refractivity contribution in [3.05, 3.63) is 12.4 Å². The van der Waals surface area contributed by atoms with Gasteiger partial charge in [-0.3, -0.25) is 0 Å². The maximum Gasteiger partial charge on any atom is 0.167 e. The number of aryl methyl sites for hydroxylation is 1. The Bertz CT molecular complexity index is 285. The van der Waals surface area contributed by atoms with Crippen LogP contribution in [0.4, 0.5) is 0 Å². The minimum atomic E-state index is 0.566. The fourth-order valence-corrected chi connectivity index (χ4v) is 2.70. The van der Waals surface area contributed by atoms with Gasteiger partial charge < -0.3 is 9.88 Å². The molecule has 0 aliphatic rings. The summed E-state index contributed by atoms with van der Waals surface area (Å²) in [6, 6.07) is 0.566. The lowest BCUT2D eigenvalue weighted by Gasteiger charge is -2.21. The van der Waals surface area contributed by atoms with Crippen molar-refractivity contribution in [3.63, 3.8) is 0 Å². The fourth-order valence-electron chi connectivity index (χ4n) is 1.47. The first kappa shape index (κ1) is 12.6. The van der Waals surface area contributed by atoms with E-state index < -0.39 is 0 Å². The number of hydrogen-bond donors (Lipinski definition) is 1. The molecule has 0 radical (unpaired) electrons. The molecule has 1 heterocycles. The molecule has 0 saturated heterocycles. The molecule has 15 heavy (non-hydrogen) atoms. The zero-order valence-corrected chi connectivity index (χ0v) is 10.8. The molecule has 0 aliphatic heterocycles. The monoisotopic (exact) mass is 227 g/mol. The van der Waals surface area contributed by atoms with Gasteiger partial charge in [-0.1, -0.05) is 32.0 Å². The molecule has 1 aromatic heterocycles. The first-order chi connectivity index (χ1) is 7.19. The summed E-state index contributed by atoms with van der Waals surface area (Å²) in [5.41, 5.74) is 0. The molecule has 86 valence electrons. The van der Waals surface area contributed by atoms with Gasteiger partial charge in [-0.05, 0) is 13.0 Å². The third kappa shape index (κ3) is 3.54. The van der Waals surface area contributed by atoms with Crippen molar-refractivity contribution >= 4 is 11.8 Å². The quantitative estimate of drug-likeness (QED) is 0.755. The van der Waals surface area contributed by atoms with Crippen molar-refractivity contribution in [3.8, 4) is 0 Å². The van der Waals surface area contributed by atoms with E-state index in [2.05, 4.69) is 28.7 Å². The van der Waals surface area contributed by atoms with Gasteiger partial charge in [0.15, 0.2) is 5.16 Å². The van der Waals surface area contributed by atoms with Crippen LogP contribution in [0.2, 0.25) is 0 Å². The maximum atomic E-state index is 4.31. The second kappa shape index (κ2) is 6.18. The molecule has 0 amide bonds. The Morgan fingerprint density at radius 2 is 2.33 bits per heavy atom. The summed E-state index contributed by atoms with van der Waals surface area (Å²) in [5, 5.41) is 4.47. The normalized spacial score (nSPS) is 15.2. The summed E-state index contributed by atoms with van der Waals surface area (Å²) in [6.07, 6.45) is 5.05. The van der Waals surface area contributed by atoms with E-state index in [-0.39, 0.29) is 0 Å². The third-order valence-electron chi connectivity index (χ3n) is 2.87. The van der Waals surface area contributed by atoms with E-state index in [1.54, 1.807) is 0 Å². The summed E-state index contributed by atoms with van der Waals surface area (Å²) in [4.78, 5) is 4.31. The average Bonchev–Trinajstić information content (AvgIpc) is 2.65. The lowest BCUT2D eigenvalue weighted by molar-refractivity contribution is 0.420. The van der Waals surface area contributed by atoms with Crippen molar-refractivity contribution in [1.29, 1.82) is 0 Å². The van der Waals surface area contributed by atoms with E-state index in [0.29, 0.717) is 12.0 Å². The van der Waals surface area contributed by atoms with Crippen molar-refractivity contribution in [2.75, 3.05) is 12.8 Å². The Balaban J connectivity index is 2.44. The number of rotatable bonds is 6. The van der Waals surface area contributed by atoms with Gasteiger partial charge in [-0.25, -0.2) is 4.98 Å². The second-order valence-electron chi connectivity index (χ2n) is 3.91. The fraction of sp³-hybridized carbons (Fsp3) is 0.727. The van der Waals surface area contributed by atoms with E-state index in [0.717, 1.165) is 10.9 Å². The van der Waals surface area contributed by atoms with Gasteiger partial charge in [0, 0.05) is 31.2 Å². The van der Waals surface area contributed by atoms with Crippen LogP contribution < -0.4 is 5.32 Å². The number of aromatic nitrogens is 2. The smallest absolute Gasteiger partial charge is 0.167 e. The molecule has 4 heteroatoms. The molecule has 0 spiro atoms. The van der Waals surface area contributed by atoms with Gasteiger partial charge in [0.25, 0.3) is 0 Å². The number of nitrogens with one attached hydrogen (secondary N) is 1. The van der Waals surface area contributed by atoms with Crippen LogP contribution in [0.3, 0.4) is 0 Å². The van der Waals surface area contributed by atoms with Crippen molar-refractivity contribution in [2.45, 2.75) is 31.5 Å². The van der Waals surface area contributed by atoms with Crippen LogP contribution in [0.1, 0.15) is 20.3 Å². The van der Waals surface area contributed by atoms with Gasteiger partial charge in [0.2, 0.25) is 0 Å². The summed E-state index contributed by atoms with van der Waals surface area (Å²) in [5.74, 6) is 1.79.